The molecule has 4 aromatic rings. The lowest BCUT2D eigenvalue weighted by atomic mass is 9.82. The minimum absolute atomic E-state index is 0.119. The van der Waals surface area contributed by atoms with Gasteiger partial charge in [0.15, 0.2) is 11.4 Å². The minimum atomic E-state index is 0.119. The molecular formula is C23H19N3O2. The molecule has 0 N–H and O–H groups in total. The first kappa shape index (κ1) is 16.7. The first-order chi connectivity index (χ1) is 13.7. The zero-order valence-corrected chi connectivity index (χ0v) is 15.5. The maximum absolute atomic E-state index is 12.8. The van der Waals surface area contributed by atoms with E-state index >= 15 is 0 Å². The third-order valence-electron chi connectivity index (χ3n) is 5.42. The fraction of sp³-hybridized carbons (Fsp3) is 0.174. The largest absolute Gasteiger partial charge is 0.497 e. The number of nitrogens with zero attached hydrogens (tertiary/aromatic N) is 3. The highest BCUT2D eigenvalue weighted by molar-refractivity contribution is 5.99. The fourth-order valence-corrected chi connectivity index (χ4v) is 3.91. The molecule has 1 aliphatic carbocycles. The van der Waals surface area contributed by atoms with Crippen LogP contribution in [0.1, 0.15) is 34.0 Å². The van der Waals surface area contributed by atoms with Crippen LogP contribution in [0, 0.1) is 0 Å². The van der Waals surface area contributed by atoms with E-state index in [9.17, 15) is 4.79 Å². The van der Waals surface area contributed by atoms with Crippen molar-refractivity contribution in [3.05, 3.63) is 83.8 Å². The van der Waals surface area contributed by atoms with Crippen molar-refractivity contribution in [3.63, 3.8) is 0 Å². The van der Waals surface area contributed by atoms with Crippen LogP contribution in [0.2, 0.25) is 0 Å². The maximum Gasteiger partial charge on any atom is 0.166 e. The number of hydrogen-bond donors (Lipinski definition) is 0. The summed E-state index contributed by atoms with van der Waals surface area (Å²) in [6, 6.07) is 18.0. The number of ether oxygens (including phenoxy) is 1. The van der Waals surface area contributed by atoms with E-state index in [0.29, 0.717) is 12.0 Å². The number of fused-ring (bicyclic) bond motifs is 2. The first-order valence-corrected chi connectivity index (χ1v) is 9.33. The number of ketones is 1. The molecule has 2 aromatic carbocycles. The van der Waals surface area contributed by atoms with Crippen molar-refractivity contribution in [2.45, 2.75) is 18.8 Å². The Balaban J connectivity index is 1.56. The lowest BCUT2D eigenvalue weighted by Crippen LogP contribution is -2.21. The van der Waals surface area contributed by atoms with Crippen molar-refractivity contribution in [1.82, 2.24) is 14.6 Å². The van der Waals surface area contributed by atoms with Crippen LogP contribution in [-0.4, -0.2) is 27.5 Å². The SMILES string of the molecule is COc1ccc(C2CC(=O)c3cn4ncc(-c5ccccc5)c4nc3C2)cc1. The summed E-state index contributed by atoms with van der Waals surface area (Å²) in [7, 11) is 1.65. The molecule has 0 fully saturated rings. The van der Waals surface area contributed by atoms with Crippen molar-refractivity contribution in [1.29, 1.82) is 0 Å². The van der Waals surface area contributed by atoms with Crippen molar-refractivity contribution in [2.24, 2.45) is 0 Å². The van der Waals surface area contributed by atoms with Crippen molar-refractivity contribution in [2.75, 3.05) is 7.11 Å². The van der Waals surface area contributed by atoms with Crippen molar-refractivity contribution < 1.29 is 9.53 Å². The van der Waals surface area contributed by atoms with E-state index in [0.717, 1.165) is 40.2 Å². The fourth-order valence-electron chi connectivity index (χ4n) is 3.91. The number of methoxy groups -OCH3 is 1. The summed E-state index contributed by atoms with van der Waals surface area (Å²) in [6.45, 7) is 0. The molecule has 5 nitrogen and oxygen atoms in total. The Morgan fingerprint density at radius 1 is 1.00 bits per heavy atom. The highest BCUT2D eigenvalue weighted by Gasteiger charge is 2.28. The van der Waals surface area contributed by atoms with E-state index in [1.807, 2.05) is 67.0 Å². The van der Waals surface area contributed by atoms with Gasteiger partial charge in [-0.15, -0.1) is 0 Å². The average Bonchev–Trinajstić information content (AvgIpc) is 3.16. The summed E-state index contributed by atoms with van der Waals surface area (Å²) in [5.74, 6) is 1.06. The van der Waals surface area contributed by atoms with Crippen LogP contribution >= 0.6 is 0 Å². The van der Waals surface area contributed by atoms with Gasteiger partial charge in [0.05, 0.1) is 24.6 Å². The Kier molecular flexibility index (Phi) is 3.93. The summed E-state index contributed by atoms with van der Waals surface area (Å²) >= 11 is 0. The molecule has 138 valence electrons. The lowest BCUT2D eigenvalue weighted by Gasteiger charge is -2.23. The quantitative estimate of drug-likeness (QED) is 0.540. The Hall–Kier alpha value is -3.47. The molecule has 0 bridgehead atoms. The monoisotopic (exact) mass is 369 g/mol. The van der Waals surface area contributed by atoms with Crippen LogP contribution in [0.4, 0.5) is 0 Å². The van der Waals surface area contributed by atoms with Gasteiger partial charge in [-0.2, -0.15) is 5.10 Å². The molecule has 0 saturated heterocycles. The molecule has 1 unspecified atom stereocenters. The minimum Gasteiger partial charge on any atom is -0.497 e. The number of hydrogen-bond acceptors (Lipinski definition) is 4. The van der Waals surface area contributed by atoms with E-state index in [1.54, 1.807) is 11.6 Å². The van der Waals surface area contributed by atoms with E-state index in [-0.39, 0.29) is 11.7 Å². The summed E-state index contributed by atoms with van der Waals surface area (Å²) < 4.78 is 6.95. The van der Waals surface area contributed by atoms with Crippen molar-refractivity contribution in [3.8, 4) is 16.9 Å². The summed E-state index contributed by atoms with van der Waals surface area (Å²) in [6.07, 6.45) is 4.87. The highest BCUT2D eigenvalue weighted by Crippen LogP contribution is 2.34. The number of Topliss-reactive ketones (excluding diaryl/α,β-unsaturated/α-hetero) is 1. The molecule has 2 aromatic heterocycles. The summed E-state index contributed by atoms with van der Waals surface area (Å²) in [4.78, 5) is 17.7. The first-order valence-electron chi connectivity index (χ1n) is 9.33. The third kappa shape index (κ3) is 2.76. The zero-order chi connectivity index (χ0) is 19.1. The topological polar surface area (TPSA) is 56.5 Å². The van der Waals surface area contributed by atoms with Gasteiger partial charge in [-0.05, 0) is 35.6 Å². The van der Waals surface area contributed by atoms with Gasteiger partial charge in [0.25, 0.3) is 0 Å². The van der Waals surface area contributed by atoms with Gasteiger partial charge in [0.1, 0.15) is 5.75 Å². The summed E-state index contributed by atoms with van der Waals surface area (Å²) in [5.41, 5.74) is 5.50. The lowest BCUT2D eigenvalue weighted by molar-refractivity contribution is 0.0962. The second-order valence-corrected chi connectivity index (χ2v) is 7.10. The number of aromatic nitrogens is 3. The predicted molar refractivity (Wildman–Crippen MR) is 107 cm³/mol. The molecule has 5 rings (SSSR count). The molecule has 2 heterocycles. The summed E-state index contributed by atoms with van der Waals surface area (Å²) in [5, 5.41) is 4.42. The second kappa shape index (κ2) is 6.60. The van der Waals surface area contributed by atoms with E-state index in [2.05, 4.69) is 5.10 Å². The number of carbonyl (C=O) groups excluding carboxylic acids is 1. The number of carbonyl (C=O) groups is 1. The number of rotatable bonds is 3. The van der Waals surface area contributed by atoms with Gasteiger partial charge in [0.2, 0.25) is 0 Å². The molecule has 0 aliphatic heterocycles. The molecule has 0 spiro atoms. The molecule has 1 aliphatic rings. The Morgan fingerprint density at radius 2 is 1.79 bits per heavy atom. The highest BCUT2D eigenvalue weighted by atomic mass is 16.5. The average molecular weight is 369 g/mol. The molecule has 5 heteroatoms. The van der Waals surface area contributed by atoms with Crippen LogP contribution in [-0.2, 0) is 6.42 Å². The predicted octanol–water partition coefficient (Wildman–Crippen LogP) is 4.32. The molecule has 0 saturated carbocycles. The Bertz CT molecular complexity index is 1160. The van der Waals surface area contributed by atoms with Gasteiger partial charge >= 0.3 is 0 Å². The Labute approximate surface area is 162 Å². The molecule has 0 amide bonds. The molecule has 0 radical (unpaired) electrons. The van der Waals surface area contributed by atoms with Crippen LogP contribution in [0.15, 0.2) is 67.0 Å². The van der Waals surface area contributed by atoms with Crippen LogP contribution in [0.5, 0.6) is 5.75 Å². The maximum atomic E-state index is 12.8. The number of benzene rings is 2. The standard InChI is InChI=1S/C23H19N3O2/c1-28-18-9-7-15(8-10-18)17-11-21-20(22(27)12-17)14-26-23(25-21)19(13-24-26)16-5-3-2-4-6-16/h2-10,13-14,17H,11-12H2,1H3. The van der Waals surface area contributed by atoms with Crippen LogP contribution in [0.25, 0.3) is 16.8 Å². The smallest absolute Gasteiger partial charge is 0.166 e. The van der Waals surface area contributed by atoms with E-state index in [4.69, 9.17) is 9.72 Å². The zero-order valence-electron chi connectivity index (χ0n) is 15.5. The third-order valence-corrected chi connectivity index (χ3v) is 5.42. The van der Waals surface area contributed by atoms with Gasteiger partial charge in [0, 0.05) is 18.2 Å². The van der Waals surface area contributed by atoms with Crippen LogP contribution in [0.3, 0.4) is 0 Å². The van der Waals surface area contributed by atoms with Gasteiger partial charge < -0.3 is 4.74 Å². The van der Waals surface area contributed by atoms with Gasteiger partial charge in [-0.1, -0.05) is 42.5 Å². The second-order valence-electron chi connectivity index (χ2n) is 7.10. The van der Waals surface area contributed by atoms with Gasteiger partial charge in [-0.3, -0.25) is 4.79 Å². The molecule has 28 heavy (non-hydrogen) atoms. The van der Waals surface area contributed by atoms with Crippen molar-refractivity contribution >= 4 is 11.4 Å². The van der Waals surface area contributed by atoms with E-state index in [1.165, 1.54) is 0 Å². The van der Waals surface area contributed by atoms with Crippen LogP contribution < -0.4 is 4.74 Å². The Morgan fingerprint density at radius 3 is 2.54 bits per heavy atom. The molecular weight excluding hydrogens is 350 g/mol. The van der Waals surface area contributed by atoms with Gasteiger partial charge in [-0.25, -0.2) is 9.50 Å². The van der Waals surface area contributed by atoms with E-state index < -0.39 is 0 Å². The normalized spacial score (nSPS) is 16.2. The molecule has 1 atom stereocenters.